The van der Waals surface area contributed by atoms with E-state index in [1.165, 1.54) is 7.11 Å². The molecule has 0 saturated heterocycles. The van der Waals surface area contributed by atoms with Gasteiger partial charge < -0.3 is 24.6 Å². The lowest BCUT2D eigenvalue weighted by atomic mass is 9.95. The highest BCUT2D eigenvalue weighted by Crippen LogP contribution is 2.29. The number of aromatic nitrogens is 4. The number of aryl methyl sites for hydroxylation is 1. The lowest BCUT2D eigenvalue weighted by Crippen LogP contribution is -2.37. The van der Waals surface area contributed by atoms with Gasteiger partial charge in [-0.05, 0) is 61.6 Å². The van der Waals surface area contributed by atoms with Crippen LogP contribution in [0.15, 0.2) is 30.3 Å². The van der Waals surface area contributed by atoms with Crippen LogP contribution in [0, 0.1) is 0 Å². The van der Waals surface area contributed by atoms with E-state index in [2.05, 4.69) is 25.1 Å². The Morgan fingerprint density at radius 1 is 1.14 bits per heavy atom. The second-order valence-corrected chi connectivity index (χ2v) is 9.35. The molecule has 0 aliphatic carbocycles. The molecule has 2 aliphatic heterocycles. The number of fused-ring (bicyclic) bond motifs is 2. The van der Waals surface area contributed by atoms with Gasteiger partial charge in [0.05, 0.1) is 25.2 Å². The Labute approximate surface area is 209 Å². The summed E-state index contributed by atoms with van der Waals surface area (Å²) in [5.74, 6) is 2.09. The largest absolute Gasteiger partial charge is 0.496 e. The molecule has 188 valence electrons. The number of nitrogens with one attached hydrogen (secondary N) is 1. The summed E-state index contributed by atoms with van der Waals surface area (Å²) >= 11 is 0. The topological polar surface area (TPSA) is 122 Å². The standard InChI is InChI=1S/C26H30N6O4/c1-16(33)12-24(34)31-11-9-17-14-21(36-2)19(13-18(17)15-31)26(35)28-22-7-5-6-20(27-22)25-30-29-23-8-3-4-10-32(23)25/h5-7,13-14,16,33H,3-4,8-12,15H2,1-2H3,(H,27,28,35)/t16-/m0/s1. The first-order valence-electron chi connectivity index (χ1n) is 12.3. The molecule has 0 unspecified atom stereocenters. The molecule has 0 saturated carbocycles. The van der Waals surface area contributed by atoms with Crippen LogP contribution in [-0.4, -0.2) is 61.3 Å². The third-order valence-corrected chi connectivity index (χ3v) is 6.68. The van der Waals surface area contributed by atoms with E-state index in [-0.39, 0.29) is 18.2 Å². The first-order valence-corrected chi connectivity index (χ1v) is 12.3. The number of pyridine rings is 1. The van der Waals surface area contributed by atoms with Crippen molar-refractivity contribution in [2.24, 2.45) is 0 Å². The van der Waals surface area contributed by atoms with Crippen LogP contribution in [0.2, 0.25) is 0 Å². The smallest absolute Gasteiger partial charge is 0.260 e. The number of hydrogen-bond donors (Lipinski definition) is 2. The summed E-state index contributed by atoms with van der Waals surface area (Å²) in [6.07, 6.45) is 3.14. The normalized spacial score (nSPS) is 15.6. The number of carbonyl (C=O) groups is 2. The number of carbonyl (C=O) groups excluding carboxylic acids is 2. The number of aliphatic hydroxyl groups excluding tert-OH is 1. The number of anilines is 1. The molecule has 4 heterocycles. The van der Waals surface area contributed by atoms with Crippen molar-refractivity contribution in [1.82, 2.24) is 24.6 Å². The fourth-order valence-electron chi connectivity index (χ4n) is 4.84. The van der Waals surface area contributed by atoms with Gasteiger partial charge in [0, 0.05) is 26.1 Å². The Morgan fingerprint density at radius 3 is 2.81 bits per heavy atom. The number of ether oxygens (including phenoxy) is 1. The molecule has 0 radical (unpaired) electrons. The number of hydrogen-bond acceptors (Lipinski definition) is 7. The molecule has 36 heavy (non-hydrogen) atoms. The van der Waals surface area contributed by atoms with Crippen LogP contribution in [0.5, 0.6) is 5.75 Å². The van der Waals surface area contributed by atoms with E-state index >= 15 is 0 Å². The zero-order chi connectivity index (χ0) is 25.2. The zero-order valence-electron chi connectivity index (χ0n) is 20.5. The molecule has 3 aromatic rings. The summed E-state index contributed by atoms with van der Waals surface area (Å²) in [5.41, 5.74) is 2.95. The van der Waals surface area contributed by atoms with Crippen molar-refractivity contribution in [2.75, 3.05) is 19.0 Å². The number of amides is 2. The molecule has 2 aliphatic rings. The average Bonchev–Trinajstić information content (AvgIpc) is 3.31. The van der Waals surface area contributed by atoms with Crippen LogP contribution in [0.25, 0.3) is 11.5 Å². The number of nitrogens with zero attached hydrogens (tertiary/aromatic N) is 5. The number of methoxy groups -OCH3 is 1. The predicted molar refractivity (Wildman–Crippen MR) is 133 cm³/mol. The molecule has 10 heteroatoms. The van der Waals surface area contributed by atoms with E-state index < -0.39 is 6.10 Å². The highest BCUT2D eigenvalue weighted by molar-refractivity contribution is 6.06. The average molecular weight is 491 g/mol. The first kappa shape index (κ1) is 23.9. The molecule has 0 bridgehead atoms. The summed E-state index contributed by atoms with van der Waals surface area (Å²) < 4.78 is 7.62. The SMILES string of the molecule is COc1cc2c(cc1C(=O)Nc1cccc(-c3nnc4n3CCCC4)n1)CN(C(=O)C[C@H](C)O)CC2. The van der Waals surface area contributed by atoms with Gasteiger partial charge in [0.25, 0.3) is 5.91 Å². The van der Waals surface area contributed by atoms with Crippen molar-refractivity contribution in [3.63, 3.8) is 0 Å². The third kappa shape index (κ3) is 4.81. The van der Waals surface area contributed by atoms with Gasteiger partial charge in [0.2, 0.25) is 5.91 Å². The van der Waals surface area contributed by atoms with E-state index in [0.29, 0.717) is 48.2 Å². The van der Waals surface area contributed by atoms with Gasteiger partial charge in [-0.1, -0.05) is 6.07 Å². The van der Waals surface area contributed by atoms with Crippen LogP contribution >= 0.6 is 0 Å². The molecule has 2 amide bonds. The van der Waals surface area contributed by atoms with Gasteiger partial charge in [0.15, 0.2) is 5.82 Å². The van der Waals surface area contributed by atoms with Gasteiger partial charge >= 0.3 is 0 Å². The maximum absolute atomic E-state index is 13.3. The lowest BCUT2D eigenvalue weighted by molar-refractivity contribution is -0.133. The summed E-state index contributed by atoms with van der Waals surface area (Å²) in [5, 5.41) is 21.1. The summed E-state index contributed by atoms with van der Waals surface area (Å²) in [6, 6.07) is 9.07. The Morgan fingerprint density at radius 2 is 2.00 bits per heavy atom. The van der Waals surface area contributed by atoms with Crippen molar-refractivity contribution in [3.05, 3.63) is 52.8 Å². The molecule has 5 rings (SSSR count). The maximum atomic E-state index is 13.3. The molecule has 2 aromatic heterocycles. The van der Waals surface area contributed by atoms with Crippen LogP contribution < -0.4 is 10.1 Å². The van der Waals surface area contributed by atoms with Crippen molar-refractivity contribution in [1.29, 1.82) is 0 Å². The summed E-state index contributed by atoms with van der Waals surface area (Å²) in [6.45, 7) is 3.41. The number of rotatable bonds is 6. The van der Waals surface area contributed by atoms with Crippen molar-refractivity contribution in [3.8, 4) is 17.3 Å². The Kier molecular flexibility index (Phi) is 6.69. The fraction of sp³-hybridized carbons (Fsp3) is 0.423. The number of benzene rings is 1. The second kappa shape index (κ2) is 10.1. The molecular formula is C26H30N6O4. The second-order valence-electron chi connectivity index (χ2n) is 9.35. The highest BCUT2D eigenvalue weighted by atomic mass is 16.5. The maximum Gasteiger partial charge on any atom is 0.260 e. The minimum Gasteiger partial charge on any atom is -0.496 e. The summed E-state index contributed by atoms with van der Waals surface area (Å²) in [4.78, 5) is 32.1. The van der Waals surface area contributed by atoms with Crippen molar-refractivity contribution in [2.45, 2.75) is 58.2 Å². The van der Waals surface area contributed by atoms with E-state index in [4.69, 9.17) is 4.74 Å². The zero-order valence-corrected chi connectivity index (χ0v) is 20.5. The fourth-order valence-corrected chi connectivity index (χ4v) is 4.84. The highest BCUT2D eigenvalue weighted by Gasteiger charge is 2.25. The van der Waals surface area contributed by atoms with Gasteiger partial charge in [-0.25, -0.2) is 4.98 Å². The van der Waals surface area contributed by atoms with Crippen molar-refractivity contribution < 1.29 is 19.4 Å². The van der Waals surface area contributed by atoms with Crippen LogP contribution in [0.4, 0.5) is 5.82 Å². The molecule has 2 N–H and O–H groups in total. The van der Waals surface area contributed by atoms with Crippen LogP contribution in [-0.2, 0) is 30.7 Å². The minimum atomic E-state index is -0.692. The Hall–Kier alpha value is -3.79. The Balaban J connectivity index is 1.37. The molecule has 1 aromatic carbocycles. The van der Waals surface area contributed by atoms with Crippen molar-refractivity contribution >= 4 is 17.6 Å². The molecule has 0 fully saturated rings. The molecular weight excluding hydrogens is 460 g/mol. The Bertz CT molecular complexity index is 1300. The predicted octanol–water partition coefficient (Wildman–Crippen LogP) is 2.59. The van der Waals surface area contributed by atoms with Gasteiger partial charge in [-0.3, -0.25) is 9.59 Å². The third-order valence-electron chi connectivity index (χ3n) is 6.68. The monoisotopic (exact) mass is 490 g/mol. The van der Waals surface area contributed by atoms with Crippen LogP contribution in [0.3, 0.4) is 0 Å². The van der Waals surface area contributed by atoms with Crippen LogP contribution in [0.1, 0.15) is 53.5 Å². The van der Waals surface area contributed by atoms with E-state index in [9.17, 15) is 14.7 Å². The molecule has 0 spiro atoms. The summed E-state index contributed by atoms with van der Waals surface area (Å²) in [7, 11) is 1.53. The lowest BCUT2D eigenvalue weighted by Gasteiger charge is -2.30. The molecule has 1 atom stereocenters. The molecule has 10 nitrogen and oxygen atoms in total. The number of aliphatic hydroxyl groups is 1. The van der Waals surface area contributed by atoms with E-state index in [1.807, 2.05) is 18.2 Å². The van der Waals surface area contributed by atoms with E-state index in [0.717, 1.165) is 42.8 Å². The first-order chi connectivity index (χ1) is 17.4. The minimum absolute atomic E-state index is 0.0795. The van der Waals surface area contributed by atoms with E-state index in [1.54, 1.807) is 24.0 Å². The van der Waals surface area contributed by atoms with Gasteiger partial charge in [-0.2, -0.15) is 0 Å². The quantitative estimate of drug-likeness (QED) is 0.545. The van der Waals surface area contributed by atoms with Gasteiger partial charge in [0.1, 0.15) is 23.1 Å². The van der Waals surface area contributed by atoms with Gasteiger partial charge in [-0.15, -0.1) is 10.2 Å².